The molecule has 0 bridgehead atoms. The first-order valence-corrected chi connectivity index (χ1v) is 11.7. The van der Waals surface area contributed by atoms with Crippen LogP contribution in [-0.2, 0) is 16.1 Å². The van der Waals surface area contributed by atoms with E-state index in [9.17, 15) is 9.59 Å². The van der Waals surface area contributed by atoms with E-state index in [1.165, 1.54) is 11.0 Å². The molecular weight excluding hydrogens is 444 g/mol. The molecule has 1 heterocycles. The van der Waals surface area contributed by atoms with Gasteiger partial charge in [0.25, 0.3) is 11.8 Å². The molecule has 1 saturated heterocycles. The fourth-order valence-corrected chi connectivity index (χ4v) is 3.27. The molecule has 2 amide bonds. The molecule has 1 fully saturated rings. The molecule has 1 unspecified atom stereocenters. The summed E-state index contributed by atoms with van der Waals surface area (Å²) in [7, 11) is 0. The zero-order valence-electron chi connectivity index (χ0n) is 20.3. The lowest BCUT2D eigenvalue weighted by Gasteiger charge is -2.26. The molecule has 0 aliphatic carbocycles. The van der Waals surface area contributed by atoms with Gasteiger partial charge in [-0.15, -0.1) is 0 Å². The van der Waals surface area contributed by atoms with Crippen LogP contribution in [0.5, 0.6) is 0 Å². The van der Waals surface area contributed by atoms with E-state index >= 15 is 0 Å². The average molecular weight is 479 g/mol. The average Bonchev–Trinajstić information content (AvgIpc) is 2.92. The lowest BCUT2D eigenvalue weighted by atomic mass is 10.1. The minimum absolute atomic E-state index is 0.134. The van der Waals surface area contributed by atoms with Crippen molar-refractivity contribution in [2.24, 2.45) is 5.73 Å². The Bertz CT molecular complexity index is 1020. The predicted octanol–water partition coefficient (Wildman–Crippen LogP) is 2.17. The fraction of sp³-hybridized carbons (Fsp3) is 0.333. The molecule has 2 aromatic rings. The normalized spacial score (nSPS) is 14.2. The Morgan fingerprint density at radius 3 is 2.37 bits per heavy atom. The first kappa shape index (κ1) is 27.8. The molecule has 0 radical (unpaired) electrons. The first-order chi connectivity index (χ1) is 17.1. The highest BCUT2D eigenvalue weighted by Gasteiger charge is 2.19. The molecule has 1 atom stereocenters. The van der Waals surface area contributed by atoms with Crippen LogP contribution in [0.3, 0.4) is 0 Å². The van der Waals surface area contributed by atoms with Gasteiger partial charge in [0.2, 0.25) is 0 Å². The number of amides is 2. The number of nitrogens with one attached hydrogen (secondary N) is 2. The third kappa shape index (κ3) is 9.35. The van der Waals surface area contributed by atoms with Gasteiger partial charge in [0.15, 0.2) is 0 Å². The van der Waals surface area contributed by atoms with Crippen molar-refractivity contribution in [3.63, 3.8) is 0 Å². The number of nitrogens with zero attached hydrogens (tertiary/aromatic N) is 1. The molecule has 5 N–H and O–H groups in total. The number of hydrogen-bond acceptors (Lipinski definition) is 6. The molecule has 35 heavy (non-hydrogen) atoms. The highest BCUT2D eigenvalue weighted by molar-refractivity contribution is 5.97. The Morgan fingerprint density at radius 1 is 1.11 bits per heavy atom. The summed E-state index contributed by atoms with van der Waals surface area (Å²) in [5, 5.41) is 11.1. The third-order valence-corrected chi connectivity index (χ3v) is 5.18. The van der Waals surface area contributed by atoms with Crippen molar-refractivity contribution in [2.45, 2.75) is 26.4 Å². The van der Waals surface area contributed by atoms with Crippen LogP contribution >= 0.6 is 0 Å². The number of carbonyl (C=O) groups is 2. The Hall–Kier alpha value is -3.48. The van der Waals surface area contributed by atoms with Crippen molar-refractivity contribution in [3.05, 3.63) is 76.9 Å². The van der Waals surface area contributed by atoms with Gasteiger partial charge in [-0.05, 0) is 47.5 Å². The molecule has 0 saturated carbocycles. The quantitative estimate of drug-likeness (QED) is 0.275. The van der Waals surface area contributed by atoms with Crippen LogP contribution in [0.25, 0.3) is 6.08 Å². The molecule has 8 nitrogen and oxygen atoms in total. The van der Waals surface area contributed by atoms with Crippen LogP contribution in [0.15, 0.2) is 54.6 Å². The van der Waals surface area contributed by atoms with Crippen molar-refractivity contribution in [1.82, 2.24) is 15.7 Å². The maximum absolute atomic E-state index is 12.2. The molecular formula is C27H34N4O4. The minimum atomic E-state index is -1.01. The molecule has 186 valence electrons. The van der Waals surface area contributed by atoms with E-state index in [2.05, 4.69) is 46.3 Å². The van der Waals surface area contributed by atoms with Gasteiger partial charge in [0.1, 0.15) is 6.04 Å². The van der Waals surface area contributed by atoms with Crippen LogP contribution in [-0.4, -0.2) is 60.8 Å². The molecule has 2 aromatic carbocycles. The number of nitrogens with two attached hydrogens (primary N) is 1. The zero-order valence-corrected chi connectivity index (χ0v) is 20.3. The Labute approximate surface area is 207 Å². The maximum atomic E-state index is 12.2. The summed E-state index contributed by atoms with van der Waals surface area (Å²) in [5.41, 5.74) is 10.4. The number of rotatable bonds is 7. The van der Waals surface area contributed by atoms with Crippen molar-refractivity contribution >= 4 is 17.9 Å². The van der Waals surface area contributed by atoms with Crippen LogP contribution < -0.4 is 16.5 Å². The van der Waals surface area contributed by atoms with Crippen LogP contribution in [0.2, 0.25) is 0 Å². The summed E-state index contributed by atoms with van der Waals surface area (Å²) < 4.78 is 5.38. The van der Waals surface area contributed by atoms with Crippen LogP contribution in [0, 0.1) is 11.8 Å². The highest BCUT2D eigenvalue weighted by Crippen LogP contribution is 2.10. The molecule has 1 aliphatic rings. The number of allylic oxidation sites excluding steroid dienone is 1. The minimum Gasteiger partial charge on any atom is -0.379 e. The second-order valence-electron chi connectivity index (χ2n) is 7.55. The second-order valence-corrected chi connectivity index (χ2v) is 7.55. The lowest BCUT2D eigenvalue weighted by Crippen LogP contribution is -2.50. The second kappa shape index (κ2) is 15.4. The van der Waals surface area contributed by atoms with E-state index in [4.69, 9.17) is 15.7 Å². The summed E-state index contributed by atoms with van der Waals surface area (Å²) in [6.45, 7) is 8.34. The van der Waals surface area contributed by atoms with Crippen LogP contribution in [0.1, 0.15) is 40.9 Å². The van der Waals surface area contributed by atoms with E-state index in [-0.39, 0.29) is 6.54 Å². The molecule has 0 aromatic heterocycles. The number of morpholine rings is 1. The Kier molecular flexibility index (Phi) is 12.2. The van der Waals surface area contributed by atoms with E-state index in [1.807, 2.05) is 19.9 Å². The summed E-state index contributed by atoms with van der Waals surface area (Å²) in [5.74, 6) is 4.78. The first-order valence-electron chi connectivity index (χ1n) is 11.7. The van der Waals surface area contributed by atoms with Crippen molar-refractivity contribution in [1.29, 1.82) is 0 Å². The number of benzene rings is 2. The van der Waals surface area contributed by atoms with Gasteiger partial charge in [0, 0.05) is 37.3 Å². The topological polar surface area (TPSA) is 117 Å². The van der Waals surface area contributed by atoms with E-state index < -0.39 is 17.9 Å². The Balaban J connectivity index is 0.00000210. The van der Waals surface area contributed by atoms with E-state index in [0.29, 0.717) is 5.56 Å². The maximum Gasteiger partial charge on any atom is 0.267 e. The zero-order chi connectivity index (χ0) is 25.5. The summed E-state index contributed by atoms with van der Waals surface area (Å²) >= 11 is 0. The van der Waals surface area contributed by atoms with Gasteiger partial charge in [0.05, 0.1) is 13.2 Å². The van der Waals surface area contributed by atoms with Gasteiger partial charge < -0.3 is 15.8 Å². The van der Waals surface area contributed by atoms with Gasteiger partial charge >= 0.3 is 0 Å². The standard InChI is InChI=1S/C25H28N4O4.C2H6/c26-17-23(25(31)28-32)27-24(30)22-11-9-20(10-12-22)4-2-1-3-19-5-7-21(8-6-19)18-29-13-15-33-16-14-29;1-2/h1,3,5-12,23,32H,13-18,26H2,(H,27,30)(H,28,31);1-2H3/b3-1+;. The molecule has 0 spiro atoms. The SMILES string of the molecule is CC.NCC(NC(=O)c1ccc(C#C/C=C/c2ccc(CN3CCOCC3)cc2)cc1)C(=O)NO. The number of hydrogen-bond donors (Lipinski definition) is 4. The van der Waals surface area contributed by atoms with Gasteiger partial charge in [-0.1, -0.05) is 50.0 Å². The van der Waals surface area contributed by atoms with Gasteiger partial charge in [-0.2, -0.15) is 0 Å². The van der Waals surface area contributed by atoms with Crippen molar-refractivity contribution in [2.75, 3.05) is 32.8 Å². The Morgan fingerprint density at radius 2 is 1.77 bits per heavy atom. The van der Waals surface area contributed by atoms with Crippen molar-refractivity contribution < 1.29 is 19.5 Å². The molecule has 1 aliphatic heterocycles. The third-order valence-electron chi connectivity index (χ3n) is 5.18. The molecule has 3 rings (SSSR count). The number of ether oxygens (including phenoxy) is 1. The smallest absolute Gasteiger partial charge is 0.267 e. The summed E-state index contributed by atoms with van der Waals surface area (Å²) in [6.07, 6.45) is 3.74. The molecule has 8 heteroatoms. The monoisotopic (exact) mass is 478 g/mol. The number of hydroxylamine groups is 1. The summed E-state index contributed by atoms with van der Waals surface area (Å²) in [6, 6.07) is 14.1. The number of carbonyl (C=O) groups excluding carboxylic acids is 2. The highest BCUT2D eigenvalue weighted by atomic mass is 16.5. The summed E-state index contributed by atoms with van der Waals surface area (Å²) in [4.78, 5) is 26.0. The van der Waals surface area contributed by atoms with Crippen LogP contribution in [0.4, 0.5) is 0 Å². The van der Waals surface area contributed by atoms with Crippen molar-refractivity contribution in [3.8, 4) is 11.8 Å². The predicted molar refractivity (Wildman–Crippen MR) is 136 cm³/mol. The van der Waals surface area contributed by atoms with Gasteiger partial charge in [-0.3, -0.25) is 19.7 Å². The van der Waals surface area contributed by atoms with E-state index in [1.54, 1.807) is 30.3 Å². The lowest BCUT2D eigenvalue weighted by molar-refractivity contribution is -0.130. The van der Waals surface area contributed by atoms with Gasteiger partial charge in [-0.25, -0.2) is 5.48 Å². The fourth-order valence-electron chi connectivity index (χ4n) is 3.27. The largest absolute Gasteiger partial charge is 0.379 e. The van der Waals surface area contributed by atoms with E-state index in [0.717, 1.165) is 44.0 Å².